The van der Waals surface area contributed by atoms with Crippen molar-refractivity contribution < 1.29 is 9.90 Å². The third-order valence-electron chi connectivity index (χ3n) is 2.76. The molecule has 4 nitrogen and oxygen atoms in total. The van der Waals surface area contributed by atoms with Crippen LogP contribution < -0.4 is 11.1 Å². The number of rotatable bonds is 4. The van der Waals surface area contributed by atoms with Crippen LogP contribution in [0.25, 0.3) is 0 Å². The lowest BCUT2D eigenvalue weighted by molar-refractivity contribution is 0.0916. The van der Waals surface area contributed by atoms with Gasteiger partial charge in [0.15, 0.2) is 0 Å². The Morgan fingerprint density at radius 3 is 2.71 bits per heavy atom. The standard InChI is InChI=1S/C12H17ClN2O2/c1-7(6-16)8(2)15-12(17)9-3-4-10(13)11(14)5-9/h3-5,7-8,16H,6,14H2,1-2H3,(H,15,17). The van der Waals surface area contributed by atoms with Gasteiger partial charge in [-0.15, -0.1) is 0 Å². The van der Waals surface area contributed by atoms with Crippen molar-refractivity contribution in [3.05, 3.63) is 28.8 Å². The third-order valence-corrected chi connectivity index (χ3v) is 3.10. The summed E-state index contributed by atoms with van der Waals surface area (Å²) in [5, 5.41) is 12.2. The van der Waals surface area contributed by atoms with Crippen molar-refractivity contribution in [2.45, 2.75) is 19.9 Å². The maximum atomic E-state index is 11.8. The highest BCUT2D eigenvalue weighted by atomic mass is 35.5. The van der Waals surface area contributed by atoms with E-state index in [9.17, 15) is 4.79 Å². The van der Waals surface area contributed by atoms with Gasteiger partial charge in [-0.2, -0.15) is 0 Å². The molecule has 2 atom stereocenters. The lowest BCUT2D eigenvalue weighted by Gasteiger charge is -2.19. The summed E-state index contributed by atoms with van der Waals surface area (Å²) in [4.78, 5) is 11.8. The van der Waals surface area contributed by atoms with Gasteiger partial charge in [0, 0.05) is 18.2 Å². The van der Waals surface area contributed by atoms with Crippen molar-refractivity contribution in [2.24, 2.45) is 5.92 Å². The summed E-state index contributed by atoms with van der Waals surface area (Å²) in [6.45, 7) is 3.74. The number of amides is 1. The molecule has 1 amide bonds. The quantitative estimate of drug-likeness (QED) is 0.718. The van der Waals surface area contributed by atoms with Crippen molar-refractivity contribution in [1.82, 2.24) is 5.32 Å². The van der Waals surface area contributed by atoms with Crippen molar-refractivity contribution in [2.75, 3.05) is 12.3 Å². The van der Waals surface area contributed by atoms with Crippen LogP contribution in [0.2, 0.25) is 5.02 Å². The first kappa shape index (κ1) is 13.8. The van der Waals surface area contributed by atoms with E-state index in [1.807, 2.05) is 13.8 Å². The van der Waals surface area contributed by atoms with Gasteiger partial charge in [-0.25, -0.2) is 0 Å². The van der Waals surface area contributed by atoms with Crippen LogP contribution in [0.5, 0.6) is 0 Å². The van der Waals surface area contributed by atoms with Crippen LogP contribution >= 0.6 is 11.6 Å². The summed E-state index contributed by atoms with van der Waals surface area (Å²) >= 11 is 5.77. The van der Waals surface area contributed by atoms with Gasteiger partial charge in [0.05, 0.1) is 10.7 Å². The zero-order chi connectivity index (χ0) is 13.0. The van der Waals surface area contributed by atoms with E-state index in [-0.39, 0.29) is 24.5 Å². The number of nitrogens with one attached hydrogen (secondary N) is 1. The van der Waals surface area contributed by atoms with Gasteiger partial charge in [-0.1, -0.05) is 18.5 Å². The van der Waals surface area contributed by atoms with Crippen LogP contribution in [0.1, 0.15) is 24.2 Å². The number of aliphatic hydroxyl groups excluding tert-OH is 1. The fourth-order valence-corrected chi connectivity index (χ4v) is 1.39. The second kappa shape index (κ2) is 5.89. The molecule has 0 spiro atoms. The Labute approximate surface area is 106 Å². The summed E-state index contributed by atoms with van der Waals surface area (Å²) in [6, 6.07) is 4.63. The van der Waals surface area contributed by atoms with Crippen molar-refractivity contribution >= 4 is 23.2 Å². The summed E-state index contributed by atoms with van der Waals surface area (Å²) in [5.41, 5.74) is 6.46. The molecule has 0 aromatic heterocycles. The molecule has 0 radical (unpaired) electrons. The molecule has 4 N–H and O–H groups in total. The first-order valence-electron chi connectivity index (χ1n) is 5.42. The molecule has 5 heteroatoms. The molecule has 1 rings (SSSR count). The Morgan fingerprint density at radius 2 is 2.18 bits per heavy atom. The Morgan fingerprint density at radius 1 is 1.53 bits per heavy atom. The molecular weight excluding hydrogens is 240 g/mol. The van der Waals surface area contributed by atoms with Gasteiger partial charge < -0.3 is 16.2 Å². The summed E-state index contributed by atoms with van der Waals surface area (Å²) in [7, 11) is 0. The van der Waals surface area contributed by atoms with Crippen LogP contribution in [-0.4, -0.2) is 23.7 Å². The molecule has 0 aliphatic heterocycles. The van der Waals surface area contributed by atoms with Crippen molar-refractivity contribution in [1.29, 1.82) is 0 Å². The molecule has 17 heavy (non-hydrogen) atoms. The van der Waals surface area contributed by atoms with Gasteiger partial charge in [0.2, 0.25) is 0 Å². The fourth-order valence-electron chi connectivity index (χ4n) is 1.28. The summed E-state index contributed by atoms with van der Waals surface area (Å²) < 4.78 is 0. The third kappa shape index (κ3) is 3.61. The summed E-state index contributed by atoms with van der Waals surface area (Å²) in [6.07, 6.45) is 0. The fraction of sp³-hybridized carbons (Fsp3) is 0.417. The van der Waals surface area contributed by atoms with Crippen LogP contribution in [-0.2, 0) is 0 Å². The van der Waals surface area contributed by atoms with Crippen molar-refractivity contribution in [3.63, 3.8) is 0 Å². The predicted octanol–water partition coefficient (Wildman–Crippen LogP) is 1.67. The second-order valence-electron chi connectivity index (χ2n) is 4.16. The van der Waals surface area contributed by atoms with E-state index < -0.39 is 0 Å². The molecule has 0 aliphatic rings. The average Bonchev–Trinajstić information content (AvgIpc) is 2.31. The molecule has 0 saturated heterocycles. The number of hydrogen-bond acceptors (Lipinski definition) is 3. The predicted molar refractivity (Wildman–Crippen MR) is 69.0 cm³/mol. The molecule has 0 aliphatic carbocycles. The van der Waals surface area contributed by atoms with Gasteiger partial charge in [0.1, 0.15) is 0 Å². The Kier molecular flexibility index (Phi) is 4.78. The van der Waals surface area contributed by atoms with Gasteiger partial charge >= 0.3 is 0 Å². The number of carbonyl (C=O) groups is 1. The maximum Gasteiger partial charge on any atom is 0.251 e. The highest BCUT2D eigenvalue weighted by Crippen LogP contribution is 2.19. The van der Waals surface area contributed by atoms with E-state index in [1.165, 1.54) is 6.07 Å². The minimum absolute atomic E-state index is 0.00333. The number of halogens is 1. The van der Waals surface area contributed by atoms with Crippen LogP contribution in [0.15, 0.2) is 18.2 Å². The first-order chi connectivity index (χ1) is 7.95. The van der Waals surface area contributed by atoms with E-state index in [2.05, 4.69) is 5.32 Å². The van der Waals surface area contributed by atoms with E-state index >= 15 is 0 Å². The molecule has 1 aromatic carbocycles. The zero-order valence-electron chi connectivity index (χ0n) is 9.90. The van der Waals surface area contributed by atoms with Crippen LogP contribution in [0.3, 0.4) is 0 Å². The number of nitrogen functional groups attached to an aromatic ring is 1. The number of aliphatic hydroxyl groups is 1. The largest absolute Gasteiger partial charge is 0.398 e. The topological polar surface area (TPSA) is 75.3 Å². The summed E-state index contributed by atoms with van der Waals surface area (Å²) in [5.74, 6) is -0.218. The molecule has 0 heterocycles. The lowest BCUT2D eigenvalue weighted by atomic mass is 10.0. The molecular formula is C12H17ClN2O2. The first-order valence-corrected chi connectivity index (χ1v) is 5.80. The number of carbonyl (C=O) groups excluding carboxylic acids is 1. The molecule has 94 valence electrons. The highest BCUT2D eigenvalue weighted by molar-refractivity contribution is 6.33. The number of anilines is 1. The Hall–Kier alpha value is -1.26. The minimum Gasteiger partial charge on any atom is -0.398 e. The van der Waals surface area contributed by atoms with E-state index in [4.69, 9.17) is 22.4 Å². The average molecular weight is 257 g/mol. The van der Waals surface area contributed by atoms with Gasteiger partial charge in [0.25, 0.3) is 5.91 Å². The van der Waals surface area contributed by atoms with E-state index in [0.717, 1.165) is 0 Å². The Balaban J connectivity index is 2.73. The van der Waals surface area contributed by atoms with Crippen LogP contribution in [0.4, 0.5) is 5.69 Å². The van der Waals surface area contributed by atoms with Crippen molar-refractivity contribution in [3.8, 4) is 0 Å². The van der Waals surface area contributed by atoms with Gasteiger partial charge in [-0.05, 0) is 31.0 Å². The number of nitrogens with two attached hydrogens (primary N) is 1. The molecule has 1 aromatic rings. The SMILES string of the molecule is CC(CO)C(C)NC(=O)c1ccc(Cl)c(N)c1. The molecule has 0 saturated carbocycles. The van der Waals surface area contributed by atoms with Gasteiger partial charge in [-0.3, -0.25) is 4.79 Å². The van der Waals surface area contributed by atoms with Crippen LogP contribution in [0, 0.1) is 5.92 Å². The molecule has 2 unspecified atom stereocenters. The molecule has 0 fully saturated rings. The Bertz CT molecular complexity index is 409. The number of hydrogen-bond donors (Lipinski definition) is 3. The smallest absolute Gasteiger partial charge is 0.251 e. The van der Waals surface area contributed by atoms with E-state index in [0.29, 0.717) is 16.3 Å². The zero-order valence-corrected chi connectivity index (χ0v) is 10.7. The van der Waals surface area contributed by atoms with E-state index in [1.54, 1.807) is 12.1 Å². The maximum absolute atomic E-state index is 11.8. The number of benzene rings is 1. The molecule has 0 bridgehead atoms. The second-order valence-corrected chi connectivity index (χ2v) is 4.57. The lowest BCUT2D eigenvalue weighted by Crippen LogP contribution is -2.38. The normalized spacial score (nSPS) is 14.1. The minimum atomic E-state index is -0.221. The monoisotopic (exact) mass is 256 g/mol. The highest BCUT2D eigenvalue weighted by Gasteiger charge is 2.15.